The molecule has 0 amide bonds. The topological polar surface area (TPSA) is 60.2 Å². The third-order valence-corrected chi connectivity index (χ3v) is 4.45. The SMILES string of the molecule is CNC(C)Cc1noc(-c2cc(Cl)ccc2OC2CCCC2)n1. The van der Waals surface area contributed by atoms with Gasteiger partial charge in [0.25, 0.3) is 5.89 Å². The summed E-state index contributed by atoms with van der Waals surface area (Å²) in [6.45, 7) is 2.07. The maximum absolute atomic E-state index is 6.14. The highest BCUT2D eigenvalue weighted by atomic mass is 35.5. The van der Waals surface area contributed by atoms with Gasteiger partial charge in [0.1, 0.15) is 5.75 Å². The van der Waals surface area contributed by atoms with Crippen molar-refractivity contribution in [2.45, 2.75) is 51.2 Å². The van der Waals surface area contributed by atoms with Crippen molar-refractivity contribution < 1.29 is 9.26 Å². The fourth-order valence-electron chi connectivity index (χ4n) is 2.78. The molecule has 0 bridgehead atoms. The lowest BCUT2D eigenvalue weighted by Gasteiger charge is -2.15. The molecule has 1 unspecified atom stereocenters. The van der Waals surface area contributed by atoms with Crippen LogP contribution in [0.1, 0.15) is 38.4 Å². The van der Waals surface area contributed by atoms with Gasteiger partial charge in [0, 0.05) is 17.5 Å². The van der Waals surface area contributed by atoms with Gasteiger partial charge in [-0.2, -0.15) is 4.98 Å². The van der Waals surface area contributed by atoms with Gasteiger partial charge in [0.2, 0.25) is 0 Å². The van der Waals surface area contributed by atoms with Crippen LogP contribution in [-0.4, -0.2) is 29.3 Å². The van der Waals surface area contributed by atoms with Gasteiger partial charge in [0.05, 0.1) is 11.7 Å². The predicted octanol–water partition coefficient (Wildman–Crippen LogP) is 3.86. The third kappa shape index (κ3) is 4.03. The Morgan fingerprint density at radius 2 is 2.17 bits per heavy atom. The smallest absolute Gasteiger partial charge is 0.261 e. The van der Waals surface area contributed by atoms with Crippen molar-refractivity contribution in [3.8, 4) is 17.2 Å². The first-order valence-corrected chi connectivity index (χ1v) is 8.50. The summed E-state index contributed by atoms with van der Waals surface area (Å²) in [6, 6.07) is 5.82. The van der Waals surface area contributed by atoms with E-state index in [1.54, 1.807) is 0 Å². The minimum absolute atomic E-state index is 0.265. The number of nitrogens with zero attached hydrogens (tertiary/aromatic N) is 2. The van der Waals surface area contributed by atoms with Crippen LogP contribution < -0.4 is 10.1 Å². The highest BCUT2D eigenvalue weighted by Crippen LogP contribution is 2.34. The summed E-state index contributed by atoms with van der Waals surface area (Å²) in [4.78, 5) is 4.49. The average Bonchev–Trinajstić information content (AvgIpc) is 3.21. The normalized spacial score (nSPS) is 16.7. The second-order valence-corrected chi connectivity index (χ2v) is 6.51. The first-order valence-electron chi connectivity index (χ1n) is 8.12. The van der Waals surface area contributed by atoms with Crippen molar-refractivity contribution in [1.29, 1.82) is 0 Å². The molecular formula is C17H22ClN3O2. The largest absolute Gasteiger partial charge is 0.490 e. The first-order chi connectivity index (χ1) is 11.2. The Bertz CT molecular complexity index is 653. The highest BCUT2D eigenvalue weighted by molar-refractivity contribution is 6.30. The molecule has 1 aromatic heterocycles. The number of halogens is 1. The van der Waals surface area contributed by atoms with Crippen LogP contribution in [0.25, 0.3) is 11.5 Å². The van der Waals surface area contributed by atoms with Crippen molar-refractivity contribution >= 4 is 11.6 Å². The zero-order valence-corrected chi connectivity index (χ0v) is 14.3. The molecule has 0 aliphatic heterocycles. The van der Waals surface area contributed by atoms with Gasteiger partial charge in [-0.1, -0.05) is 16.8 Å². The van der Waals surface area contributed by atoms with Gasteiger partial charge in [0.15, 0.2) is 5.82 Å². The summed E-state index contributed by atoms with van der Waals surface area (Å²) >= 11 is 6.14. The standard InChI is InChI=1S/C17H22ClN3O2/c1-11(19-2)9-16-20-17(23-21-16)14-10-12(18)7-8-15(14)22-13-5-3-4-6-13/h7-8,10-11,13,19H,3-6,9H2,1-2H3. The zero-order chi connectivity index (χ0) is 16.2. The minimum Gasteiger partial charge on any atom is -0.490 e. The maximum atomic E-state index is 6.14. The van der Waals surface area contributed by atoms with E-state index >= 15 is 0 Å². The molecule has 2 aromatic rings. The maximum Gasteiger partial charge on any atom is 0.261 e. The van der Waals surface area contributed by atoms with Gasteiger partial charge in [-0.25, -0.2) is 0 Å². The lowest BCUT2D eigenvalue weighted by Crippen LogP contribution is -2.24. The predicted molar refractivity (Wildman–Crippen MR) is 89.9 cm³/mol. The van der Waals surface area contributed by atoms with Crippen LogP contribution in [0.4, 0.5) is 0 Å². The second-order valence-electron chi connectivity index (χ2n) is 6.07. The number of hydrogen-bond acceptors (Lipinski definition) is 5. The number of hydrogen-bond donors (Lipinski definition) is 1. The number of benzene rings is 1. The van der Waals surface area contributed by atoms with Crippen molar-refractivity contribution in [2.75, 3.05) is 7.05 Å². The first kappa shape index (κ1) is 16.3. The molecule has 6 heteroatoms. The van der Waals surface area contributed by atoms with Crippen LogP contribution in [0.3, 0.4) is 0 Å². The molecule has 1 aromatic carbocycles. The Morgan fingerprint density at radius 1 is 1.39 bits per heavy atom. The molecule has 3 rings (SSSR count). The van der Waals surface area contributed by atoms with Crippen LogP contribution in [0, 0.1) is 0 Å². The van der Waals surface area contributed by atoms with Crippen LogP contribution in [0.15, 0.2) is 22.7 Å². The summed E-state index contributed by atoms with van der Waals surface area (Å²) < 4.78 is 11.6. The van der Waals surface area contributed by atoms with Crippen molar-refractivity contribution in [2.24, 2.45) is 0 Å². The summed E-state index contributed by atoms with van der Waals surface area (Å²) in [5.74, 6) is 1.89. The zero-order valence-electron chi connectivity index (χ0n) is 13.5. The van der Waals surface area contributed by atoms with Gasteiger partial charge in [-0.15, -0.1) is 0 Å². The van der Waals surface area contributed by atoms with Crippen molar-refractivity contribution in [3.63, 3.8) is 0 Å². The van der Waals surface area contributed by atoms with E-state index in [0.29, 0.717) is 23.2 Å². The van der Waals surface area contributed by atoms with E-state index in [9.17, 15) is 0 Å². The molecule has 1 saturated carbocycles. The van der Waals surface area contributed by atoms with Crippen LogP contribution >= 0.6 is 11.6 Å². The number of rotatable bonds is 6. The quantitative estimate of drug-likeness (QED) is 0.868. The Morgan fingerprint density at radius 3 is 2.91 bits per heavy atom. The molecule has 0 saturated heterocycles. The molecule has 124 valence electrons. The molecule has 5 nitrogen and oxygen atoms in total. The molecule has 1 fully saturated rings. The molecule has 23 heavy (non-hydrogen) atoms. The summed E-state index contributed by atoms with van der Waals surface area (Å²) in [5, 5.41) is 7.85. The van der Waals surface area contributed by atoms with Crippen molar-refractivity contribution in [3.05, 3.63) is 29.0 Å². The number of ether oxygens (including phenoxy) is 1. The molecule has 1 aliphatic rings. The Kier molecular flexibility index (Phi) is 5.18. The fraction of sp³-hybridized carbons (Fsp3) is 0.529. The van der Waals surface area contributed by atoms with Crippen LogP contribution in [0.2, 0.25) is 5.02 Å². The van der Waals surface area contributed by atoms with E-state index in [-0.39, 0.29) is 12.1 Å². The summed E-state index contributed by atoms with van der Waals surface area (Å²) in [7, 11) is 1.91. The molecule has 1 heterocycles. The van der Waals surface area contributed by atoms with E-state index in [4.69, 9.17) is 20.9 Å². The molecule has 0 spiro atoms. The third-order valence-electron chi connectivity index (χ3n) is 4.22. The van der Waals surface area contributed by atoms with Gasteiger partial charge < -0.3 is 14.6 Å². The van der Waals surface area contributed by atoms with Crippen LogP contribution in [0.5, 0.6) is 5.75 Å². The monoisotopic (exact) mass is 335 g/mol. The lowest BCUT2D eigenvalue weighted by molar-refractivity contribution is 0.210. The van der Waals surface area contributed by atoms with Gasteiger partial charge >= 0.3 is 0 Å². The second kappa shape index (κ2) is 7.32. The van der Waals surface area contributed by atoms with E-state index in [2.05, 4.69) is 22.4 Å². The highest BCUT2D eigenvalue weighted by Gasteiger charge is 2.21. The van der Waals surface area contributed by atoms with E-state index in [1.807, 2.05) is 25.2 Å². The summed E-state index contributed by atoms with van der Waals surface area (Å²) in [5.41, 5.74) is 0.764. The minimum atomic E-state index is 0.265. The van der Waals surface area contributed by atoms with Gasteiger partial charge in [-0.05, 0) is 57.9 Å². The number of likely N-dealkylation sites (N-methyl/N-ethyl adjacent to an activating group) is 1. The molecular weight excluding hydrogens is 314 g/mol. The Balaban J connectivity index is 1.84. The van der Waals surface area contributed by atoms with E-state index < -0.39 is 0 Å². The Labute approximate surface area is 141 Å². The van der Waals surface area contributed by atoms with Crippen molar-refractivity contribution in [1.82, 2.24) is 15.5 Å². The van der Waals surface area contributed by atoms with E-state index in [0.717, 1.165) is 24.2 Å². The van der Waals surface area contributed by atoms with Gasteiger partial charge in [-0.3, -0.25) is 0 Å². The molecule has 1 aliphatic carbocycles. The molecule has 1 atom stereocenters. The Hall–Kier alpha value is -1.59. The van der Waals surface area contributed by atoms with Crippen LogP contribution in [-0.2, 0) is 6.42 Å². The number of nitrogens with one attached hydrogen (secondary N) is 1. The molecule has 1 N–H and O–H groups in total. The van der Waals surface area contributed by atoms with E-state index in [1.165, 1.54) is 12.8 Å². The summed E-state index contributed by atoms with van der Waals surface area (Å²) in [6.07, 6.45) is 5.61. The lowest BCUT2D eigenvalue weighted by atomic mass is 10.2. The fourth-order valence-corrected chi connectivity index (χ4v) is 2.95. The molecule has 0 radical (unpaired) electrons. The average molecular weight is 336 g/mol. The number of aromatic nitrogens is 2.